The van der Waals surface area contributed by atoms with Gasteiger partial charge in [-0.1, -0.05) is 17.7 Å². The van der Waals surface area contributed by atoms with Crippen LogP contribution in [0.1, 0.15) is 60.7 Å². The summed E-state index contributed by atoms with van der Waals surface area (Å²) in [4.78, 5) is 62.8. The van der Waals surface area contributed by atoms with Gasteiger partial charge >= 0.3 is 6.09 Å². The van der Waals surface area contributed by atoms with E-state index >= 15 is 0 Å². The average Bonchev–Trinajstić information content (AvgIpc) is 3.16. The summed E-state index contributed by atoms with van der Waals surface area (Å²) in [6.07, 6.45) is 0.167. The summed E-state index contributed by atoms with van der Waals surface area (Å²) in [7, 11) is 0. The van der Waals surface area contributed by atoms with Crippen molar-refractivity contribution in [2.24, 2.45) is 0 Å². The van der Waals surface area contributed by atoms with Crippen LogP contribution in [0.5, 0.6) is 5.75 Å². The number of anilines is 2. The second kappa shape index (κ2) is 13.2. The molecule has 224 valence electrons. The molecule has 13 heteroatoms. The summed E-state index contributed by atoms with van der Waals surface area (Å²) in [5.41, 5.74) is 0.759. The number of hydrogen-bond donors (Lipinski definition) is 3. The number of halogens is 1. The van der Waals surface area contributed by atoms with Crippen molar-refractivity contribution in [2.75, 3.05) is 37.0 Å². The quantitative estimate of drug-likeness (QED) is 0.257. The largest absolute Gasteiger partial charge is 0.490 e. The van der Waals surface area contributed by atoms with E-state index in [0.717, 1.165) is 4.90 Å². The van der Waals surface area contributed by atoms with E-state index in [1.165, 1.54) is 0 Å². The van der Waals surface area contributed by atoms with E-state index in [1.807, 2.05) is 0 Å². The number of carbonyl (C=O) groups excluding carboxylic acids is 5. The highest BCUT2D eigenvalue weighted by Crippen LogP contribution is 2.32. The third-order valence-corrected chi connectivity index (χ3v) is 6.62. The first-order chi connectivity index (χ1) is 19.9. The Morgan fingerprint density at radius 3 is 2.60 bits per heavy atom. The molecule has 2 aliphatic heterocycles. The summed E-state index contributed by atoms with van der Waals surface area (Å²) in [5, 5.41) is 8.38. The standard InChI is InChI=1S/C29H33ClN4O8/c1-29(2,3)42-28(39)32-17-8-9-19(30)22(16-17)41-15-14-40-13-5-12-31-20-7-4-6-18-24(20)27(38)34(26(18)37)21-10-11-23(35)33-25(21)36/h4,6-9,16,21,31H,5,10-15H2,1-3H3,(H,32,39)(H,33,35,36). The molecule has 2 aromatic carbocycles. The summed E-state index contributed by atoms with van der Waals surface area (Å²) >= 11 is 6.21. The maximum Gasteiger partial charge on any atom is 0.412 e. The summed E-state index contributed by atoms with van der Waals surface area (Å²) in [5.74, 6) is -1.80. The van der Waals surface area contributed by atoms with Crippen molar-refractivity contribution in [3.05, 3.63) is 52.5 Å². The van der Waals surface area contributed by atoms with Gasteiger partial charge in [0.2, 0.25) is 11.8 Å². The second-order valence-corrected chi connectivity index (χ2v) is 11.1. The molecule has 0 bridgehead atoms. The van der Waals surface area contributed by atoms with Gasteiger partial charge in [-0.25, -0.2) is 4.79 Å². The molecular weight excluding hydrogens is 568 g/mol. The Kier molecular flexibility index (Phi) is 9.69. The van der Waals surface area contributed by atoms with Gasteiger partial charge in [-0.05, 0) is 57.9 Å². The maximum absolute atomic E-state index is 13.2. The maximum atomic E-state index is 13.2. The third kappa shape index (κ3) is 7.56. The smallest absolute Gasteiger partial charge is 0.412 e. The number of imide groups is 2. The van der Waals surface area contributed by atoms with Crippen LogP contribution in [0, 0.1) is 0 Å². The lowest BCUT2D eigenvalue weighted by atomic mass is 10.0. The van der Waals surface area contributed by atoms with Gasteiger partial charge in [-0.15, -0.1) is 0 Å². The zero-order valence-corrected chi connectivity index (χ0v) is 24.3. The number of rotatable bonds is 11. The first-order valence-electron chi connectivity index (χ1n) is 13.5. The number of nitrogens with one attached hydrogen (secondary N) is 3. The molecule has 5 amide bonds. The van der Waals surface area contributed by atoms with Crippen LogP contribution < -0.4 is 20.7 Å². The number of hydrogen-bond acceptors (Lipinski definition) is 9. The summed E-state index contributed by atoms with van der Waals surface area (Å²) in [6, 6.07) is 8.74. The van der Waals surface area contributed by atoms with Crippen LogP contribution in [0.25, 0.3) is 0 Å². The van der Waals surface area contributed by atoms with Crippen LogP contribution in [0.15, 0.2) is 36.4 Å². The normalized spacial score (nSPS) is 16.7. The molecule has 1 fully saturated rings. The van der Waals surface area contributed by atoms with E-state index in [2.05, 4.69) is 16.0 Å². The van der Waals surface area contributed by atoms with E-state index in [4.69, 9.17) is 25.8 Å². The fraction of sp³-hybridized carbons (Fsp3) is 0.414. The van der Waals surface area contributed by atoms with Crippen LogP contribution in [-0.4, -0.2) is 72.6 Å². The number of amides is 5. The molecule has 0 aliphatic carbocycles. The lowest BCUT2D eigenvalue weighted by Crippen LogP contribution is -2.54. The molecule has 2 aliphatic rings. The van der Waals surface area contributed by atoms with Gasteiger partial charge in [-0.3, -0.25) is 34.7 Å². The molecule has 1 atom stereocenters. The predicted octanol–water partition coefficient (Wildman–Crippen LogP) is 3.99. The lowest BCUT2D eigenvalue weighted by Gasteiger charge is -2.27. The van der Waals surface area contributed by atoms with Crippen molar-refractivity contribution >= 4 is 52.7 Å². The van der Waals surface area contributed by atoms with Crippen LogP contribution in [0.3, 0.4) is 0 Å². The molecule has 12 nitrogen and oxygen atoms in total. The first-order valence-corrected chi connectivity index (χ1v) is 13.9. The Morgan fingerprint density at radius 2 is 1.86 bits per heavy atom. The molecule has 2 aromatic rings. The number of ether oxygens (including phenoxy) is 3. The van der Waals surface area contributed by atoms with E-state index < -0.39 is 41.4 Å². The highest BCUT2D eigenvalue weighted by Gasteiger charge is 2.45. The van der Waals surface area contributed by atoms with E-state index in [0.29, 0.717) is 41.7 Å². The number of fused-ring (bicyclic) bond motifs is 1. The van der Waals surface area contributed by atoms with Gasteiger partial charge in [0.25, 0.3) is 11.8 Å². The van der Waals surface area contributed by atoms with E-state index in [-0.39, 0.29) is 37.2 Å². The summed E-state index contributed by atoms with van der Waals surface area (Å²) < 4.78 is 16.6. The molecule has 0 saturated carbocycles. The zero-order chi connectivity index (χ0) is 30.4. The Labute approximate surface area is 248 Å². The van der Waals surface area contributed by atoms with Crippen molar-refractivity contribution in [1.29, 1.82) is 0 Å². The molecule has 1 saturated heterocycles. The zero-order valence-electron chi connectivity index (χ0n) is 23.6. The molecular formula is C29H33ClN4O8. The fourth-order valence-corrected chi connectivity index (χ4v) is 4.66. The number of piperidine rings is 1. The Hall–Kier alpha value is -4.16. The Balaban J connectivity index is 1.20. The number of benzene rings is 2. The van der Waals surface area contributed by atoms with E-state index in [9.17, 15) is 24.0 Å². The van der Waals surface area contributed by atoms with Crippen LogP contribution in [0.4, 0.5) is 16.2 Å². The monoisotopic (exact) mass is 600 g/mol. The highest BCUT2D eigenvalue weighted by molar-refractivity contribution is 6.32. The van der Waals surface area contributed by atoms with Gasteiger partial charge in [0.15, 0.2) is 0 Å². The van der Waals surface area contributed by atoms with Gasteiger partial charge < -0.3 is 19.5 Å². The van der Waals surface area contributed by atoms with Crippen molar-refractivity contribution < 1.29 is 38.2 Å². The molecule has 0 aromatic heterocycles. The topological polar surface area (TPSA) is 152 Å². The fourth-order valence-electron chi connectivity index (χ4n) is 4.49. The minimum Gasteiger partial charge on any atom is -0.490 e. The van der Waals surface area contributed by atoms with E-state index in [1.54, 1.807) is 57.2 Å². The lowest BCUT2D eigenvalue weighted by molar-refractivity contribution is -0.136. The van der Waals surface area contributed by atoms with Crippen LogP contribution in [-0.2, 0) is 19.1 Å². The van der Waals surface area contributed by atoms with Gasteiger partial charge in [-0.2, -0.15) is 0 Å². The Morgan fingerprint density at radius 1 is 1.07 bits per heavy atom. The van der Waals surface area contributed by atoms with Crippen molar-refractivity contribution in [1.82, 2.24) is 10.2 Å². The van der Waals surface area contributed by atoms with Gasteiger partial charge in [0, 0.05) is 37.0 Å². The van der Waals surface area contributed by atoms with Gasteiger partial charge in [0.05, 0.1) is 22.8 Å². The minimum atomic E-state index is -1.02. The highest BCUT2D eigenvalue weighted by atomic mass is 35.5. The van der Waals surface area contributed by atoms with Crippen molar-refractivity contribution in [3.63, 3.8) is 0 Å². The molecule has 0 radical (unpaired) electrons. The minimum absolute atomic E-state index is 0.0602. The summed E-state index contributed by atoms with van der Waals surface area (Å²) in [6.45, 7) is 6.69. The molecule has 0 spiro atoms. The van der Waals surface area contributed by atoms with Crippen LogP contribution in [0.2, 0.25) is 5.02 Å². The Bertz CT molecular complexity index is 1390. The number of carbonyl (C=O) groups is 5. The van der Waals surface area contributed by atoms with Crippen molar-refractivity contribution in [3.8, 4) is 5.75 Å². The second-order valence-electron chi connectivity index (χ2n) is 10.7. The molecule has 1 unspecified atom stereocenters. The van der Waals surface area contributed by atoms with Crippen LogP contribution >= 0.6 is 11.6 Å². The van der Waals surface area contributed by atoms with Gasteiger partial charge in [0.1, 0.15) is 24.0 Å². The first kappa shape index (κ1) is 30.8. The molecule has 3 N–H and O–H groups in total. The molecule has 2 heterocycles. The SMILES string of the molecule is CC(C)(C)OC(=O)Nc1ccc(Cl)c(OCCOCCCNc2cccc3c2C(=O)N(C2CCC(=O)NC2=O)C3=O)c1. The van der Waals surface area contributed by atoms with Crippen molar-refractivity contribution in [2.45, 2.75) is 51.7 Å². The average molecular weight is 601 g/mol. The molecule has 42 heavy (non-hydrogen) atoms. The third-order valence-electron chi connectivity index (χ3n) is 6.31. The number of nitrogens with zero attached hydrogens (tertiary/aromatic N) is 1. The molecule has 4 rings (SSSR count). The predicted molar refractivity (Wildman–Crippen MR) is 154 cm³/mol.